The maximum atomic E-state index is 5.40. The van der Waals surface area contributed by atoms with E-state index >= 15 is 0 Å². The first-order valence-corrected chi connectivity index (χ1v) is 7.45. The van der Waals surface area contributed by atoms with Crippen LogP contribution in [0, 0.1) is 0 Å². The van der Waals surface area contributed by atoms with Crippen LogP contribution in [0.25, 0.3) is 0 Å². The number of rotatable bonds is 7. The van der Waals surface area contributed by atoms with Gasteiger partial charge in [0.15, 0.2) is 0 Å². The van der Waals surface area contributed by atoms with Crippen molar-refractivity contribution in [3.05, 3.63) is 39.1 Å². The molecule has 2 rings (SSSR count). The fourth-order valence-electron chi connectivity index (χ4n) is 1.44. The summed E-state index contributed by atoms with van der Waals surface area (Å²) in [5.74, 6) is 0.612. The van der Waals surface area contributed by atoms with Crippen molar-refractivity contribution in [3.63, 3.8) is 0 Å². The number of aromatic nitrogens is 1. The molecule has 4 nitrogen and oxygen atoms in total. The van der Waals surface area contributed by atoms with E-state index in [2.05, 4.69) is 32.3 Å². The molecular weight excluding hydrogens is 328 g/mol. The summed E-state index contributed by atoms with van der Waals surface area (Å²) < 4.78 is 11.5. The Kier molecular flexibility index (Phi) is 5.62. The number of ether oxygens (including phenoxy) is 2. The molecule has 0 amide bonds. The number of halogens is 1. The van der Waals surface area contributed by atoms with Crippen molar-refractivity contribution in [3.8, 4) is 5.88 Å². The molecule has 0 saturated carbocycles. The van der Waals surface area contributed by atoms with Crippen molar-refractivity contribution in [2.45, 2.75) is 6.54 Å². The number of hydrogen-bond acceptors (Lipinski definition) is 5. The molecule has 0 aliphatic rings. The first-order chi connectivity index (χ1) is 9.28. The molecule has 0 spiro atoms. The molecule has 0 unspecified atom stereocenters. The highest BCUT2D eigenvalue weighted by Crippen LogP contribution is 2.23. The van der Waals surface area contributed by atoms with Gasteiger partial charge < -0.3 is 14.8 Å². The van der Waals surface area contributed by atoms with Crippen LogP contribution in [0.1, 0.15) is 4.88 Å². The van der Waals surface area contributed by atoms with E-state index in [0.29, 0.717) is 19.1 Å². The van der Waals surface area contributed by atoms with Crippen LogP contribution in [0.15, 0.2) is 34.2 Å². The molecule has 2 heterocycles. The van der Waals surface area contributed by atoms with Crippen LogP contribution in [0.5, 0.6) is 5.88 Å². The zero-order chi connectivity index (χ0) is 13.5. The minimum Gasteiger partial charge on any atom is -0.475 e. The lowest BCUT2D eigenvalue weighted by Gasteiger charge is -2.07. The van der Waals surface area contributed by atoms with Crippen LogP contribution in [0.4, 0.5) is 5.69 Å². The molecule has 2 aromatic rings. The van der Waals surface area contributed by atoms with Crippen molar-refractivity contribution in [1.29, 1.82) is 0 Å². The van der Waals surface area contributed by atoms with Crippen LogP contribution in [0.2, 0.25) is 0 Å². The number of hydrogen-bond donors (Lipinski definition) is 1. The molecule has 19 heavy (non-hydrogen) atoms. The van der Waals surface area contributed by atoms with Crippen LogP contribution < -0.4 is 10.1 Å². The Bertz CT molecular complexity index is 502. The van der Waals surface area contributed by atoms with Gasteiger partial charge in [-0.25, -0.2) is 4.98 Å². The molecular formula is C13H15BrN2O2S. The smallest absolute Gasteiger partial charge is 0.213 e. The second kappa shape index (κ2) is 7.47. The molecule has 2 aromatic heterocycles. The lowest BCUT2D eigenvalue weighted by atomic mass is 10.4. The summed E-state index contributed by atoms with van der Waals surface area (Å²) in [7, 11) is 1.65. The third kappa shape index (κ3) is 4.81. The van der Waals surface area contributed by atoms with Gasteiger partial charge >= 0.3 is 0 Å². The zero-order valence-electron chi connectivity index (χ0n) is 10.6. The van der Waals surface area contributed by atoms with Crippen LogP contribution in [-0.4, -0.2) is 25.3 Å². The highest BCUT2D eigenvalue weighted by Gasteiger charge is 1.99. The van der Waals surface area contributed by atoms with Gasteiger partial charge in [-0.3, -0.25) is 0 Å². The molecule has 6 heteroatoms. The van der Waals surface area contributed by atoms with Crippen LogP contribution >= 0.6 is 27.3 Å². The Labute approximate surface area is 124 Å². The number of anilines is 1. The summed E-state index contributed by atoms with van der Waals surface area (Å²) in [6.45, 7) is 1.87. The van der Waals surface area contributed by atoms with Gasteiger partial charge in [-0.15, -0.1) is 11.3 Å². The standard InChI is InChI=1S/C13H15BrN2O2S/c1-17-6-7-18-13-5-2-10(8-16-13)15-9-11-3-4-12(14)19-11/h2-5,8,15H,6-7,9H2,1H3. The molecule has 0 aromatic carbocycles. The maximum absolute atomic E-state index is 5.40. The Morgan fingerprint density at radius 2 is 2.16 bits per heavy atom. The van der Waals surface area contributed by atoms with E-state index in [1.54, 1.807) is 24.6 Å². The van der Waals surface area contributed by atoms with Gasteiger partial charge in [0.25, 0.3) is 0 Å². The summed E-state index contributed by atoms with van der Waals surface area (Å²) in [6.07, 6.45) is 1.77. The third-order valence-corrected chi connectivity index (χ3v) is 3.99. The minimum atomic E-state index is 0.513. The topological polar surface area (TPSA) is 43.4 Å². The van der Waals surface area contributed by atoms with Crippen molar-refractivity contribution < 1.29 is 9.47 Å². The van der Waals surface area contributed by atoms with Gasteiger partial charge in [0.2, 0.25) is 5.88 Å². The molecule has 0 aliphatic carbocycles. The second-order valence-electron chi connectivity index (χ2n) is 3.79. The third-order valence-electron chi connectivity index (χ3n) is 2.37. The number of thiophene rings is 1. The second-order valence-corrected chi connectivity index (χ2v) is 6.33. The molecule has 1 N–H and O–H groups in total. The fraction of sp³-hybridized carbons (Fsp3) is 0.308. The predicted molar refractivity (Wildman–Crippen MR) is 81.0 cm³/mol. The van der Waals surface area contributed by atoms with Gasteiger partial charge in [-0.1, -0.05) is 0 Å². The lowest BCUT2D eigenvalue weighted by Crippen LogP contribution is -2.05. The van der Waals surface area contributed by atoms with Gasteiger partial charge in [-0.2, -0.15) is 0 Å². The molecule has 0 bridgehead atoms. The average Bonchev–Trinajstić information content (AvgIpc) is 2.84. The first-order valence-electron chi connectivity index (χ1n) is 5.84. The summed E-state index contributed by atoms with van der Waals surface area (Å²) in [5.41, 5.74) is 0.976. The van der Waals surface area contributed by atoms with E-state index in [1.165, 1.54) is 4.88 Å². The normalized spacial score (nSPS) is 10.4. The Balaban J connectivity index is 1.81. The first kappa shape index (κ1) is 14.3. The van der Waals surface area contributed by atoms with Gasteiger partial charge in [0, 0.05) is 24.6 Å². The molecule has 0 saturated heterocycles. The van der Waals surface area contributed by atoms with E-state index in [4.69, 9.17) is 9.47 Å². The van der Waals surface area contributed by atoms with Gasteiger partial charge in [-0.05, 0) is 34.1 Å². The number of nitrogens with zero attached hydrogens (tertiary/aromatic N) is 1. The van der Waals surface area contributed by atoms with Crippen molar-refractivity contribution in [2.24, 2.45) is 0 Å². The van der Waals surface area contributed by atoms with E-state index in [-0.39, 0.29) is 0 Å². The van der Waals surface area contributed by atoms with Crippen molar-refractivity contribution in [2.75, 3.05) is 25.6 Å². The SMILES string of the molecule is COCCOc1ccc(NCc2ccc(Br)s2)cn1. The predicted octanol–water partition coefficient (Wildman–Crippen LogP) is 3.54. The quantitative estimate of drug-likeness (QED) is 0.781. The average molecular weight is 343 g/mol. The highest BCUT2D eigenvalue weighted by molar-refractivity contribution is 9.11. The van der Waals surface area contributed by atoms with Crippen molar-refractivity contribution >= 4 is 33.0 Å². The highest BCUT2D eigenvalue weighted by atomic mass is 79.9. The van der Waals surface area contributed by atoms with E-state index in [9.17, 15) is 0 Å². The Morgan fingerprint density at radius 3 is 2.79 bits per heavy atom. The maximum Gasteiger partial charge on any atom is 0.213 e. The molecule has 102 valence electrons. The minimum absolute atomic E-state index is 0.513. The number of nitrogens with one attached hydrogen (secondary N) is 1. The van der Waals surface area contributed by atoms with Crippen molar-refractivity contribution in [1.82, 2.24) is 4.98 Å². The molecule has 0 aliphatic heterocycles. The molecule has 0 fully saturated rings. The van der Waals surface area contributed by atoms with Gasteiger partial charge in [0.1, 0.15) is 6.61 Å². The molecule has 0 radical (unpaired) electrons. The largest absolute Gasteiger partial charge is 0.475 e. The summed E-state index contributed by atoms with van der Waals surface area (Å²) in [4.78, 5) is 5.49. The van der Waals surface area contributed by atoms with Crippen LogP contribution in [-0.2, 0) is 11.3 Å². The zero-order valence-corrected chi connectivity index (χ0v) is 13.0. The monoisotopic (exact) mass is 342 g/mol. The van der Waals surface area contributed by atoms with E-state index in [1.807, 2.05) is 18.2 Å². The summed E-state index contributed by atoms with van der Waals surface area (Å²) >= 11 is 5.17. The van der Waals surface area contributed by atoms with E-state index in [0.717, 1.165) is 16.0 Å². The summed E-state index contributed by atoms with van der Waals surface area (Å²) in [5, 5.41) is 3.32. The van der Waals surface area contributed by atoms with Crippen LogP contribution in [0.3, 0.4) is 0 Å². The fourth-order valence-corrected chi connectivity index (χ4v) is 2.86. The number of methoxy groups -OCH3 is 1. The van der Waals surface area contributed by atoms with Gasteiger partial charge in [0.05, 0.1) is 22.3 Å². The molecule has 0 atom stereocenters. The summed E-state index contributed by atoms with van der Waals surface area (Å²) in [6, 6.07) is 7.95. The van der Waals surface area contributed by atoms with E-state index < -0.39 is 0 Å². The lowest BCUT2D eigenvalue weighted by molar-refractivity contribution is 0.144. The number of pyridine rings is 1. The Morgan fingerprint density at radius 1 is 1.26 bits per heavy atom. The Hall–Kier alpha value is -1.11.